The van der Waals surface area contributed by atoms with Crippen LogP contribution >= 0.6 is 11.3 Å². The second-order valence-corrected chi connectivity index (χ2v) is 5.98. The van der Waals surface area contributed by atoms with Crippen molar-refractivity contribution in [3.8, 4) is 0 Å². The molecule has 1 aliphatic rings. The number of thiophene rings is 1. The van der Waals surface area contributed by atoms with Gasteiger partial charge in [0.05, 0.1) is 6.04 Å². The molecule has 0 fully saturated rings. The van der Waals surface area contributed by atoms with E-state index in [-0.39, 0.29) is 0 Å². The monoisotopic (exact) mass is 273 g/mol. The van der Waals surface area contributed by atoms with Gasteiger partial charge in [0, 0.05) is 16.1 Å². The summed E-state index contributed by atoms with van der Waals surface area (Å²) in [6, 6.07) is 4.71. The summed E-state index contributed by atoms with van der Waals surface area (Å²) < 4.78 is 0. The number of hydrogen-bond acceptors (Lipinski definition) is 4. The van der Waals surface area contributed by atoms with Crippen LogP contribution in [0.4, 0.5) is 5.82 Å². The summed E-state index contributed by atoms with van der Waals surface area (Å²) in [5, 5.41) is 5.78. The van der Waals surface area contributed by atoms with Crippen LogP contribution in [-0.4, -0.2) is 9.97 Å². The van der Waals surface area contributed by atoms with E-state index >= 15 is 0 Å². The number of rotatable bonds is 5. The van der Waals surface area contributed by atoms with E-state index in [1.54, 1.807) is 6.33 Å². The Morgan fingerprint density at radius 3 is 3.11 bits per heavy atom. The standard InChI is InChI=1S/C15H19N3S/c1-2-5-13(14-8-4-9-19-14)18-15-11-6-3-7-12(11)16-10-17-15/h4,8-10,13H,2-3,5-7H2,1H3,(H,16,17,18). The molecule has 3 rings (SSSR count). The summed E-state index contributed by atoms with van der Waals surface area (Å²) in [6.45, 7) is 2.23. The summed E-state index contributed by atoms with van der Waals surface area (Å²) in [5.74, 6) is 1.05. The zero-order chi connectivity index (χ0) is 13.1. The number of anilines is 1. The average molecular weight is 273 g/mol. The Bertz CT molecular complexity index is 536. The minimum absolute atomic E-state index is 0.379. The van der Waals surface area contributed by atoms with Gasteiger partial charge >= 0.3 is 0 Å². The third-order valence-electron chi connectivity index (χ3n) is 3.65. The first-order valence-electron chi connectivity index (χ1n) is 7.01. The lowest BCUT2D eigenvalue weighted by atomic mass is 10.1. The van der Waals surface area contributed by atoms with Gasteiger partial charge in [-0.1, -0.05) is 19.4 Å². The summed E-state index contributed by atoms with van der Waals surface area (Å²) in [5.41, 5.74) is 2.57. The van der Waals surface area contributed by atoms with Crippen LogP contribution < -0.4 is 5.32 Å². The van der Waals surface area contributed by atoms with Crippen molar-refractivity contribution in [3.63, 3.8) is 0 Å². The summed E-state index contributed by atoms with van der Waals surface area (Å²) in [6.07, 6.45) is 7.43. The second kappa shape index (κ2) is 5.70. The molecule has 3 nitrogen and oxygen atoms in total. The topological polar surface area (TPSA) is 37.8 Å². The lowest BCUT2D eigenvalue weighted by Crippen LogP contribution is -2.12. The highest BCUT2D eigenvalue weighted by Crippen LogP contribution is 2.31. The molecule has 100 valence electrons. The summed E-state index contributed by atoms with van der Waals surface area (Å²) in [4.78, 5) is 10.2. The van der Waals surface area contributed by atoms with E-state index in [0.717, 1.165) is 25.1 Å². The van der Waals surface area contributed by atoms with Crippen molar-refractivity contribution in [2.24, 2.45) is 0 Å². The first-order chi connectivity index (χ1) is 9.38. The molecule has 0 bridgehead atoms. The molecule has 0 amide bonds. The van der Waals surface area contributed by atoms with E-state index in [4.69, 9.17) is 0 Å². The zero-order valence-corrected chi connectivity index (χ0v) is 12.0. The van der Waals surface area contributed by atoms with Gasteiger partial charge in [0.15, 0.2) is 0 Å². The van der Waals surface area contributed by atoms with Crippen molar-refractivity contribution in [1.82, 2.24) is 9.97 Å². The number of nitrogens with one attached hydrogen (secondary N) is 1. The van der Waals surface area contributed by atoms with E-state index in [1.165, 1.54) is 29.0 Å². The van der Waals surface area contributed by atoms with E-state index in [9.17, 15) is 0 Å². The Morgan fingerprint density at radius 1 is 1.37 bits per heavy atom. The highest BCUT2D eigenvalue weighted by molar-refractivity contribution is 7.10. The van der Waals surface area contributed by atoms with Crippen LogP contribution in [0, 0.1) is 0 Å². The molecular formula is C15H19N3S. The predicted molar refractivity (Wildman–Crippen MR) is 79.6 cm³/mol. The van der Waals surface area contributed by atoms with Crippen LogP contribution in [0.25, 0.3) is 0 Å². The Kier molecular flexibility index (Phi) is 3.78. The Balaban J connectivity index is 1.84. The van der Waals surface area contributed by atoms with Gasteiger partial charge in [-0.25, -0.2) is 9.97 Å². The van der Waals surface area contributed by atoms with Crippen molar-refractivity contribution in [2.45, 2.75) is 45.1 Å². The van der Waals surface area contributed by atoms with Gasteiger partial charge in [0.25, 0.3) is 0 Å². The number of fused-ring (bicyclic) bond motifs is 1. The average Bonchev–Trinajstić information content (AvgIpc) is 3.10. The van der Waals surface area contributed by atoms with E-state index in [2.05, 4.69) is 39.7 Å². The molecule has 0 saturated heterocycles. The molecule has 0 aliphatic heterocycles. The van der Waals surface area contributed by atoms with Crippen LogP contribution in [-0.2, 0) is 12.8 Å². The van der Waals surface area contributed by atoms with Gasteiger partial charge in [0.1, 0.15) is 12.1 Å². The normalized spacial score (nSPS) is 15.2. The fourth-order valence-electron chi connectivity index (χ4n) is 2.71. The third-order valence-corrected chi connectivity index (χ3v) is 4.64. The third kappa shape index (κ3) is 2.63. The number of hydrogen-bond donors (Lipinski definition) is 1. The SMILES string of the molecule is CCCC(Nc1ncnc2c1CCC2)c1cccs1. The molecule has 0 radical (unpaired) electrons. The highest BCUT2D eigenvalue weighted by Gasteiger charge is 2.20. The molecule has 1 unspecified atom stereocenters. The lowest BCUT2D eigenvalue weighted by Gasteiger charge is -2.19. The summed E-state index contributed by atoms with van der Waals surface area (Å²) in [7, 11) is 0. The van der Waals surface area contributed by atoms with Gasteiger partial charge in [0.2, 0.25) is 0 Å². The minimum atomic E-state index is 0.379. The Morgan fingerprint density at radius 2 is 2.32 bits per heavy atom. The number of aromatic nitrogens is 2. The van der Waals surface area contributed by atoms with Gasteiger partial charge in [-0.15, -0.1) is 11.3 Å². The van der Waals surface area contributed by atoms with Crippen LogP contribution in [0.3, 0.4) is 0 Å². The van der Waals surface area contributed by atoms with E-state index in [0.29, 0.717) is 6.04 Å². The molecule has 19 heavy (non-hydrogen) atoms. The zero-order valence-electron chi connectivity index (χ0n) is 11.2. The molecule has 2 heterocycles. The minimum Gasteiger partial charge on any atom is -0.362 e. The van der Waals surface area contributed by atoms with E-state index < -0.39 is 0 Å². The first-order valence-corrected chi connectivity index (χ1v) is 7.89. The first kappa shape index (κ1) is 12.6. The van der Waals surface area contributed by atoms with Crippen LogP contribution in [0.2, 0.25) is 0 Å². The smallest absolute Gasteiger partial charge is 0.133 e. The van der Waals surface area contributed by atoms with Crippen LogP contribution in [0.5, 0.6) is 0 Å². The molecule has 1 atom stereocenters. The highest BCUT2D eigenvalue weighted by atomic mass is 32.1. The molecule has 1 N–H and O–H groups in total. The molecule has 4 heteroatoms. The van der Waals surface area contributed by atoms with Crippen molar-refractivity contribution in [2.75, 3.05) is 5.32 Å². The maximum Gasteiger partial charge on any atom is 0.133 e. The maximum absolute atomic E-state index is 4.46. The van der Waals surface area contributed by atoms with Crippen LogP contribution in [0.15, 0.2) is 23.8 Å². The van der Waals surface area contributed by atoms with Crippen molar-refractivity contribution >= 4 is 17.2 Å². The fraction of sp³-hybridized carbons (Fsp3) is 0.467. The lowest BCUT2D eigenvalue weighted by molar-refractivity contribution is 0.683. The molecule has 0 saturated carbocycles. The quantitative estimate of drug-likeness (QED) is 0.895. The van der Waals surface area contributed by atoms with E-state index in [1.807, 2.05) is 11.3 Å². The Labute approximate surface area is 118 Å². The van der Waals surface area contributed by atoms with Gasteiger partial charge in [-0.3, -0.25) is 0 Å². The van der Waals surface area contributed by atoms with Gasteiger partial charge in [-0.05, 0) is 37.1 Å². The number of aryl methyl sites for hydroxylation is 1. The number of nitrogens with zero attached hydrogens (tertiary/aromatic N) is 2. The molecular weight excluding hydrogens is 254 g/mol. The maximum atomic E-state index is 4.46. The van der Waals surface area contributed by atoms with Gasteiger partial charge in [-0.2, -0.15) is 0 Å². The van der Waals surface area contributed by atoms with Crippen molar-refractivity contribution < 1.29 is 0 Å². The Hall–Kier alpha value is -1.42. The van der Waals surface area contributed by atoms with Crippen molar-refractivity contribution in [1.29, 1.82) is 0 Å². The second-order valence-electron chi connectivity index (χ2n) is 5.00. The van der Waals surface area contributed by atoms with Crippen molar-refractivity contribution in [3.05, 3.63) is 40.0 Å². The predicted octanol–water partition coefficient (Wildman–Crippen LogP) is 3.98. The largest absolute Gasteiger partial charge is 0.362 e. The molecule has 0 aromatic carbocycles. The van der Waals surface area contributed by atoms with Crippen LogP contribution in [0.1, 0.15) is 48.4 Å². The molecule has 0 spiro atoms. The summed E-state index contributed by atoms with van der Waals surface area (Å²) >= 11 is 1.82. The molecule has 2 aromatic heterocycles. The fourth-order valence-corrected chi connectivity index (χ4v) is 3.53. The molecule has 2 aromatic rings. The van der Waals surface area contributed by atoms with Gasteiger partial charge < -0.3 is 5.32 Å². The molecule has 1 aliphatic carbocycles.